The van der Waals surface area contributed by atoms with Gasteiger partial charge in [-0.25, -0.2) is 0 Å². The van der Waals surface area contributed by atoms with Crippen LogP contribution in [0.2, 0.25) is 0 Å². The largest absolute Gasteiger partial charge is 0.492 e. The highest BCUT2D eigenvalue weighted by molar-refractivity contribution is 7.80. The Labute approximate surface area is 112 Å². The molecule has 0 aliphatic rings. The minimum Gasteiger partial charge on any atom is -0.492 e. The van der Waals surface area contributed by atoms with E-state index in [1.807, 2.05) is 25.1 Å². The summed E-state index contributed by atoms with van der Waals surface area (Å²) in [6.45, 7) is 2.51. The summed E-state index contributed by atoms with van der Waals surface area (Å²) in [6, 6.07) is 5.62. The monoisotopic (exact) mass is 267 g/mol. The van der Waals surface area contributed by atoms with Crippen molar-refractivity contribution in [2.75, 3.05) is 20.8 Å². The molecule has 0 unspecified atom stereocenters. The van der Waals surface area contributed by atoms with E-state index in [0.717, 1.165) is 5.56 Å². The first-order valence-corrected chi connectivity index (χ1v) is 5.94. The van der Waals surface area contributed by atoms with Gasteiger partial charge in [0, 0.05) is 12.6 Å². The fourth-order valence-electron chi connectivity index (χ4n) is 1.34. The van der Waals surface area contributed by atoms with Gasteiger partial charge in [0.25, 0.3) is 0 Å². The molecule has 0 saturated carbocycles. The molecule has 0 spiro atoms. The van der Waals surface area contributed by atoms with Crippen LogP contribution >= 0.6 is 12.2 Å². The molecule has 0 radical (unpaired) electrons. The van der Waals surface area contributed by atoms with Crippen LogP contribution in [0.15, 0.2) is 23.3 Å². The van der Waals surface area contributed by atoms with Gasteiger partial charge in [-0.2, -0.15) is 5.10 Å². The lowest BCUT2D eigenvalue weighted by molar-refractivity contribution is 0.310. The first-order chi connectivity index (χ1) is 8.72. The van der Waals surface area contributed by atoms with Crippen LogP contribution in [0, 0.1) is 0 Å². The molecular weight excluding hydrogens is 250 g/mol. The van der Waals surface area contributed by atoms with Crippen molar-refractivity contribution in [1.82, 2.24) is 10.7 Å². The van der Waals surface area contributed by atoms with E-state index in [2.05, 4.69) is 15.8 Å². The number of hydrogen-bond acceptors (Lipinski definition) is 4. The predicted molar refractivity (Wildman–Crippen MR) is 76.6 cm³/mol. The Morgan fingerprint density at radius 1 is 1.50 bits per heavy atom. The van der Waals surface area contributed by atoms with E-state index in [1.54, 1.807) is 20.4 Å². The molecule has 0 heterocycles. The Bertz CT molecular complexity index is 435. The first-order valence-electron chi connectivity index (χ1n) is 5.53. The molecule has 6 heteroatoms. The van der Waals surface area contributed by atoms with Crippen LogP contribution in [-0.2, 0) is 0 Å². The molecule has 1 aromatic rings. The van der Waals surface area contributed by atoms with Gasteiger partial charge in [-0.15, -0.1) is 0 Å². The zero-order valence-electron chi connectivity index (χ0n) is 10.7. The van der Waals surface area contributed by atoms with E-state index in [4.69, 9.17) is 21.7 Å². The van der Waals surface area contributed by atoms with E-state index in [-0.39, 0.29) is 0 Å². The molecule has 0 amide bonds. The summed E-state index contributed by atoms with van der Waals surface area (Å²) in [6.07, 6.45) is 1.63. The van der Waals surface area contributed by atoms with Crippen molar-refractivity contribution in [3.05, 3.63) is 23.8 Å². The van der Waals surface area contributed by atoms with Crippen LogP contribution in [0.5, 0.6) is 11.5 Å². The number of para-hydroxylation sites is 1. The van der Waals surface area contributed by atoms with E-state index < -0.39 is 0 Å². The van der Waals surface area contributed by atoms with Crippen LogP contribution in [0.25, 0.3) is 0 Å². The lowest BCUT2D eigenvalue weighted by Gasteiger charge is -2.11. The van der Waals surface area contributed by atoms with Crippen LogP contribution < -0.4 is 20.2 Å². The molecule has 98 valence electrons. The second-order valence-electron chi connectivity index (χ2n) is 3.26. The number of benzene rings is 1. The van der Waals surface area contributed by atoms with E-state index in [9.17, 15) is 0 Å². The fraction of sp³-hybridized carbons (Fsp3) is 0.333. The lowest BCUT2D eigenvalue weighted by Crippen LogP contribution is -2.28. The third-order valence-corrected chi connectivity index (χ3v) is 2.41. The summed E-state index contributed by atoms with van der Waals surface area (Å²) in [7, 11) is 3.32. The van der Waals surface area contributed by atoms with Crippen LogP contribution in [0.1, 0.15) is 12.5 Å². The normalized spacial score (nSPS) is 10.2. The molecule has 0 fully saturated rings. The number of rotatable bonds is 5. The maximum atomic E-state index is 5.47. The maximum Gasteiger partial charge on any atom is 0.186 e. The van der Waals surface area contributed by atoms with Gasteiger partial charge in [-0.05, 0) is 31.3 Å². The Balaban J connectivity index is 2.87. The minimum absolute atomic E-state index is 0.450. The van der Waals surface area contributed by atoms with E-state index in [0.29, 0.717) is 23.2 Å². The van der Waals surface area contributed by atoms with Crippen molar-refractivity contribution in [2.24, 2.45) is 5.10 Å². The number of thiocarbonyl (C=S) groups is 1. The third kappa shape index (κ3) is 3.89. The lowest BCUT2D eigenvalue weighted by atomic mass is 10.2. The molecule has 0 bridgehead atoms. The zero-order chi connectivity index (χ0) is 13.4. The van der Waals surface area contributed by atoms with Crippen molar-refractivity contribution >= 4 is 23.5 Å². The molecule has 0 aliphatic heterocycles. The second-order valence-corrected chi connectivity index (χ2v) is 3.67. The van der Waals surface area contributed by atoms with Crippen molar-refractivity contribution in [2.45, 2.75) is 6.92 Å². The number of hydrazone groups is 1. The van der Waals surface area contributed by atoms with Gasteiger partial charge in [-0.3, -0.25) is 5.43 Å². The molecular formula is C12H17N3O2S. The number of hydrogen-bond donors (Lipinski definition) is 2. The first kappa shape index (κ1) is 14.2. The van der Waals surface area contributed by atoms with Gasteiger partial charge >= 0.3 is 0 Å². The SMILES string of the molecule is CCOc1cccc(/C=N/NC(=S)NC)c1OC. The van der Waals surface area contributed by atoms with Gasteiger partial charge in [-0.1, -0.05) is 6.07 Å². The molecule has 1 rings (SSSR count). The van der Waals surface area contributed by atoms with E-state index in [1.165, 1.54) is 0 Å². The molecule has 1 aromatic carbocycles. The average Bonchev–Trinajstić information content (AvgIpc) is 2.39. The van der Waals surface area contributed by atoms with Crippen molar-refractivity contribution in [3.63, 3.8) is 0 Å². The van der Waals surface area contributed by atoms with Crippen molar-refractivity contribution < 1.29 is 9.47 Å². The minimum atomic E-state index is 0.450. The second kappa shape index (κ2) is 7.50. The third-order valence-electron chi connectivity index (χ3n) is 2.11. The standard InChI is InChI=1S/C12H17N3O2S/c1-4-17-10-7-5-6-9(11(10)16-3)8-14-15-12(18)13-2/h5-8H,4H2,1-3H3,(H2,13,15,18)/b14-8+. The summed E-state index contributed by atoms with van der Waals surface area (Å²) < 4.78 is 10.8. The topological polar surface area (TPSA) is 54.9 Å². The van der Waals surface area contributed by atoms with Crippen LogP contribution in [0.4, 0.5) is 0 Å². The molecule has 0 atom stereocenters. The number of methoxy groups -OCH3 is 1. The number of nitrogens with zero attached hydrogens (tertiary/aromatic N) is 1. The Kier molecular flexibility index (Phi) is 5.93. The molecule has 0 aromatic heterocycles. The summed E-state index contributed by atoms with van der Waals surface area (Å²) in [4.78, 5) is 0. The van der Waals surface area contributed by atoms with E-state index >= 15 is 0 Å². The average molecular weight is 267 g/mol. The van der Waals surface area contributed by atoms with Crippen molar-refractivity contribution in [3.8, 4) is 11.5 Å². The smallest absolute Gasteiger partial charge is 0.186 e. The fourth-order valence-corrected chi connectivity index (χ4v) is 1.39. The Hall–Kier alpha value is -1.82. The van der Waals surface area contributed by atoms with Gasteiger partial charge in [0.05, 0.1) is 19.9 Å². The van der Waals surface area contributed by atoms with Gasteiger partial charge < -0.3 is 14.8 Å². The quantitative estimate of drug-likeness (QED) is 0.481. The summed E-state index contributed by atoms with van der Waals surface area (Å²) >= 11 is 4.91. The molecule has 2 N–H and O–H groups in total. The van der Waals surface area contributed by atoms with Crippen molar-refractivity contribution in [1.29, 1.82) is 0 Å². The van der Waals surface area contributed by atoms with Gasteiger partial charge in [0.2, 0.25) is 0 Å². The highest BCUT2D eigenvalue weighted by atomic mass is 32.1. The molecule has 18 heavy (non-hydrogen) atoms. The summed E-state index contributed by atoms with van der Waals surface area (Å²) in [5.74, 6) is 1.35. The summed E-state index contributed by atoms with van der Waals surface area (Å²) in [5, 5.41) is 7.22. The molecule has 0 aliphatic carbocycles. The maximum absolute atomic E-state index is 5.47. The molecule has 5 nitrogen and oxygen atoms in total. The highest BCUT2D eigenvalue weighted by Gasteiger charge is 2.07. The summed E-state index contributed by atoms with van der Waals surface area (Å²) in [5.41, 5.74) is 3.49. The van der Waals surface area contributed by atoms with Gasteiger partial charge in [0.1, 0.15) is 0 Å². The highest BCUT2D eigenvalue weighted by Crippen LogP contribution is 2.29. The molecule has 0 saturated heterocycles. The van der Waals surface area contributed by atoms with Crippen LogP contribution in [0.3, 0.4) is 0 Å². The number of ether oxygens (including phenoxy) is 2. The van der Waals surface area contributed by atoms with Gasteiger partial charge in [0.15, 0.2) is 16.6 Å². The number of nitrogens with one attached hydrogen (secondary N) is 2. The predicted octanol–water partition coefficient (Wildman–Crippen LogP) is 1.52. The zero-order valence-corrected chi connectivity index (χ0v) is 11.5. The van der Waals surface area contributed by atoms with Crippen LogP contribution in [-0.4, -0.2) is 32.1 Å². The Morgan fingerprint density at radius 3 is 2.89 bits per heavy atom. The Morgan fingerprint density at radius 2 is 2.28 bits per heavy atom.